The lowest BCUT2D eigenvalue weighted by molar-refractivity contribution is -0.140. The van der Waals surface area contributed by atoms with Gasteiger partial charge in [0.15, 0.2) is 0 Å². The maximum atomic E-state index is 10.9. The number of carbonyl (C=O) groups is 1. The summed E-state index contributed by atoms with van der Waals surface area (Å²) in [5.41, 5.74) is 0.948. The summed E-state index contributed by atoms with van der Waals surface area (Å²) in [6, 6.07) is 3.51. The van der Waals surface area contributed by atoms with Gasteiger partial charge in [0.25, 0.3) is 0 Å². The Morgan fingerprint density at radius 3 is 2.72 bits per heavy atom. The van der Waals surface area contributed by atoms with Crippen molar-refractivity contribution in [2.75, 3.05) is 18.0 Å². The highest BCUT2D eigenvalue weighted by Crippen LogP contribution is 2.17. The molecule has 0 fully saturated rings. The molecular weight excluding hydrogens is 252 g/mol. The Bertz CT molecular complexity index is 431. The number of carboxylic acids is 1. The van der Waals surface area contributed by atoms with Crippen molar-refractivity contribution in [3.8, 4) is 0 Å². The third-order valence-electron chi connectivity index (χ3n) is 2.41. The van der Waals surface area contributed by atoms with Crippen LogP contribution in [-0.2, 0) is 4.79 Å². The summed E-state index contributed by atoms with van der Waals surface area (Å²) in [6.45, 7) is 8.38. The second-order valence-corrected chi connectivity index (χ2v) is 4.85. The van der Waals surface area contributed by atoms with Gasteiger partial charge in [0.2, 0.25) is 0 Å². The van der Waals surface area contributed by atoms with E-state index in [4.69, 9.17) is 16.7 Å². The third-order valence-corrected chi connectivity index (χ3v) is 2.64. The molecule has 0 amide bonds. The van der Waals surface area contributed by atoms with E-state index in [0.29, 0.717) is 23.9 Å². The summed E-state index contributed by atoms with van der Waals surface area (Å²) in [7, 11) is 0. The first-order valence-electron chi connectivity index (χ1n) is 5.64. The normalized spacial score (nSPS) is 11.9. The first kappa shape index (κ1) is 14.5. The molecule has 1 aromatic rings. The molecule has 0 aliphatic rings. The number of hydrogen-bond acceptors (Lipinski definition) is 3. The summed E-state index contributed by atoms with van der Waals surface area (Å²) >= 11 is 5.79. The summed E-state index contributed by atoms with van der Waals surface area (Å²) in [5, 5.41) is 9.52. The number of pyridine rings is 1. The molecule has 1 rings (SSSR count). The quantitative estimate of drug-likeness (QED) is 0.806. The molecule has 0 saturated carbocycles. The molecule has 0 aliphatic carbocycles. The second kappa shape index (κ2) is 6.40. The van der Waals surface area contributed by atoms with E-state index < -0.39 is 11.9 Å². The molecule has 5 heteroatoms. The number of carboxylic acid groups (broad SMARTS) is 1. The minimum absolute atomic E-state index is 0.386. The summed E-state index contributed by atoms with van der Waals surface area (Å²) in [6.07, 6.45) is 1.55. The van der Waals surface area contributed by atoms with E-state index in [2.05, 4.69) is 11.6 Å². The Hall–Kier alpha value is -1.55. The van der Waals surface area contributed by atoms with Gasteiger partial charge in [-0.2, -0.15) is 0 Å². The first-order valence-corrected chi connectivity index (χ1v) is 6.01. The summed E-state index contributed by atoms with van der Waals surface area (Å²) in [5.74, 6) is -0.590. The van der Waals surface area contributed by atoms with E-state index in [1.807, 2.05) is 11.8 Å². The molecule has 1 N–H and O–H groups in total. The molecule has 0 bridgehead atoms. The van der Waals surface area contributed by atoms with Crippen molar-refractivity contribution in [3.63, 3.8) is 0 Å². The van der Waals surface area contributed by atoms with E-state index in [0.717, 1.165) is 5.57 Å². The van der Waals surface area contributed by atoms with Crippen molar-refractivity contribution in [1.29, 1.82) is 0 Å². The van der Waals surface area contributed by atoms with E-state index in [1.54, 1.807) is 25.3 Å². The van der Waals surface area contributed by atoms with Crippen LogP contribution in [0.5, 0.6) is 0 Å². The van der Waals surface area contributed by atoms with Crippen LogP contribution >= 0.6 is 11.6 Å². The van der Waals surface area contributed by atoms with Gasteiger partial charge < -0.3 is 10.0 Å². The van der Waals surface area contributed by atoms with Crippen LogP contribution in [0.4, 0.5) is 5.82 Å². The fourth-order valence-electron chi connectivity index (χ4n) is 1.53. The van der Waals surface area contributed by atoms with Gasteiger partial charge in [-0.25, -0.2) is 4.98 Å². The van der Waals surface area contributed by atoms with E-state index >= 15 is 0 Å². The molecule has 1 atom stereocenters. The Morgan fingerprint density at radius 2 is 2.28 bits per heavy atom. The van der Waals surface area contributed by atoms with Crippen molar-refractivity contribution in [3.05, 3.63) is 35.5 Å². The third kappa shape index (κ3) is 4.37. The lowest BCUT2D eigenvalue weighted by Crippen LogP contribution is -2.33. The van der Waals surface area contributed by atoms with Gasteiger partial charge in [-0.3, -0.25) is 4.79 Å². The van der Waals surface area contributed by atoms with Crippen molar-refractivity contribution < 1.29 is 9.90 Å². The summed E-state index contributed by atoms with van der Waals surface area (Å²) < 4.78 is 0. The monoisotopic (exact) mass is 268 g/mol. The molecule has 0 aliphatic heterocycles. The smallest absolute Gasteiger partial charge is 0.308 e. The zero-order chi connectivity index (χ0) is 13.7. The molecule has 98 valence electrons. The minimum atomic E-state index is -0.823. The zero-order valence-corrected chi connectivity index (χ0v) is 11.3. The molecule has 0 aromatic carbocycles. The number of hydrogen-bond donors (Lipinski definition) is 1. The van der Waals surface area contributed by atoms with Gasteiger partial charge in [0.05, 0.1) is 10.9 Å². The highest BCUT2D eigenvalue weighted by molar-refractivity contribution is 6.30. The highest BCUT2D eigenvalue weighted by Gasteiger charge is 2.17. The molecule has 18 heavy (non-hydrogen) atoms. The van der Waals surface area contributed by atoms with Gasteiger partial charge in [-0.15, -0.1) is 0 Å². The number of anilines is 1. The van der Waals surface area contributed by atoms with Gasteiger partial charge in [0, 0.05) is 19.3 Å². The van der Waals surface area contributed by atoms with Crippen LogP contribution in [0.25, 0.3) is 0 Å². The number of aliphatic carboxylic acids is 1. The van der Waals surface area contributed by atoms with Crippen molar-refractivity contribution in [2.45, 2.75) is 13.8 Å². The second-order valence-electron chi connectivity index (χ2n) is 4.41. The van der Waals surface area contributed by atoms with Crippen LogP contribution in [0.1, 0.15) is 13.8 Å². The number of halogens is 1. The standard InChI is InChI=1S/C13H17ClN2O2/c1-9(2)7-16(8-10(3)13(17)18)12-5-4-11(14)6-15-12/h4-6,10H,1,7-8H2,2-3H3,(H,17,18). The minimum Gasteiger partial charge on any atom is -0.481 e. The van der Waals surface area contributed by atoms with Crippen molar-refractivity contribution >= 4 is 23.4 Å². The maximum Gasteiger partial charge on any atom is 0.308 e. The first-order chi connectivity index (χ1) is 8.40. The molecule has 1 heterocycles. The van der Waals surface area contributed by atoms with Gasteiger partial charge in [-0.1, -0.05) is 30.7 Å². The molecule has 4 nitrogen and oxygen atoms in total. The molecule has 1 unspecified atom stereocenters. The molecule has 0 saturated heterocycles. The predicted molar refractivity (Wildman–Crippen MR) is 73.1 cm³/mol. The molecule has 0 spiro atoms. The molecule has 0 radical (unpaired) electrons. The average Bonchev–Trinajstić information content (AvgIpc) is 2.28. The zero-order valence-electron chi connectivity index (χ0n) is 10.6. The van der Waals surface area contributed by atoms with Crippen LogP contribution in [0.15, 0.2) is 30.5 Å². The van der Waals surface area contributed by atoms with Gasteiger partial charge in [-0.05, 0) is 19.1 Å². The van der Waals surface area contributed by atoms with Crippen LogP contribution in [0.3, 0.4) is 0 Å². The Balaban J connectivity index is 2.87. The van der Waals surface area contributed by atoms with Crippen LogP contribution in [0, 0.1) is 5.92 Å². The van der Waals surface area contributed by atoms with Gasteiger partial charge in [0.1, 0.15) is 5.82 Å². The molecule has 1 aromatic heterocycles. The average molecular weight is 269 g/mol. The summed E-state index contributed by atoms with van der Waals surface area (Å²) in [4.78, 5) is 17.0. The van der Waals surface area contributed by atoms with Crippen molar-refractivity contribution in [2.24, 2.45) is 5.92 Å². The van der Waals surface area contributed by atoms with Crippen molar-refractivity contribution in [1.82, 2.24) is 4.98 Å². The van der Waals surface area contributed by atoms with Crippen LogP contribution in [-0.4, -0.2) is 29.1 Å². The van der Waals surface area contributed by atoms with Crippen LogP contribution < -0.4 is 4.90 Å². The Labute approximate surface area is 112 Å². The Kier molecular flexibility index (Phi) is 5.16. The fourth-order valence-corrected chi connectivity index (χ4v) is 1.64. The lowest BCUT2D eigenvalue weighted by atomic mass is 10.1. The van der Waals surface area contributed by atoms with E-state index in [-0.39, 0.29) is 0 Å². The van der Waals surface area contributed by atoms with E-state index in [9.17, 15) is 4.79 Å². The van der Waals surface area contributed by atoms with E-state index in [1.165, 1.54) is 0 Å². The number of rotatable bonds is 6. The Morgan fingerprint density at radius 1 is 1.61 bits per heavy atom. The topological polar surface area (TPSA) is 53.4 Å². The number of aromatic nitrogens is 1. The highest BCUT2D eigenvalue weighted by atomic mass is 35.5. The van der Waals surface area contributed by atoms with Crippen LogP contribution in [0.2, 0.25) is 5.02 Å². The predicted octanol–water partition coefficient (Wildman–Crippen LogP) is 2.84. The largest absolute Gasteiger partial charge is 0.481 e. The van der Waals surface area contributed by atoms with Gasteiger partial charge >= 0.3 is 5.97 Å². The lowest BCUT2D eigenvalue weighted by Gasteiger charge is -2.25. The number of nitrogens with zero attached hydrogens (tertiary/aromatic N) is 2. The molecular formula is C13H17ClN2O2. The maximum absolute atomic E-state index is 10.9. The fraction of sp³-hybridized carbons (Fsp3) is 0.385. The SMILES string of the molecule is C=C(C)CN(CC(C)C(=O)O)c1ccc(Cl)cn1.